The summed E-state index contributed by atoms with van der Waals surface area (Å²) in [4.78, 5) is 11.1. The zero-order valence-electron chi connectivity index (χ0n) is 9.50. The monoisotopic (exact) mass is 206 g/mol. The van der Waals surface area contributed by atoms with Gasteiger partial charge in [0.1, 0.15) is 0 Å². The maximum absolute atomic E-state index is 11.1. The predicted octanol–water partition coefficient (Wildman–Crippen LogP) is 1.89. The molecule has 2 N–H and O–H groups in total. The molecule has 0 heterocycles. The average molecular weight is 206 g/mol. The van der Waals surface area contributed by atoms with Gasteiger partial charge in [-0.15, -0.1) is 0 Å². The average Bonchev–Trinajstić information content (AvgIpc) is 2.27. The molecule has 0 radical (unpaired) electrons. The molecule has 0 aliphatic carbocycles. The Morgan fingerprint density at radius 1 is 1.27 bits per heavy atom. The second-order valence-electron chi connectivity index (χ2n) is 4.18. The number of benzene rings is 1. The highest BCUT2D eigenvalue weighted by Gasteiger charge is 2.20. The zero-order valence-corrected chi connectivity index (χ0v) is 9.50. The summed E-state index contributed by atoms with van der Waals surface area (Å²) in [5, 5.41) is 5.36. The predicted molar refractivity (Wildman–Crippen MR) is 61.9 cm³/mol. The van der Waals surface area contributed by atoms with Crippen LogP contribution < -0.4 is 10.6 Å². The van der Waals surface area contributed by atoms with Gasteiger partial charge in [-0.25, -0.2) is 4.79 Å². The Bertz CT molecular complexity index is 320. The number of urea groups is 1. The molecule has 82 valence electrons. The minimum atomic E-state index is -0.140. The van der Waals surface area contributed by atoms with E-state index in [4.69, 9.17) is 0 Å². The van der Waals surface area contributed by atoms with Crippen LogP contribution in [0.25, 0.3) is 0 Å². The van der Waals surface area contributed by atoms with Gasteiger partial charge < -0.3 is 10.6 Å². The maximum Gasteiger partial charge on any atom is 0.314 e. The van der Waals surface area contributed by atoms with Crippen LogP contribution in [0.4, 0.5) is 4.79 Å². The highest BCUT2D eigenvalue weighted by molar-refractivity contribution is 5.73. The first-order chi connectivity index (χ1) is 7.06. The third-order valence-corrected chi connectivity index (χ3v) is 2.47. The van der Waals surface area contributed by atoms with E-state index in [0.717, 1.165) is 0 Å². The number of carbonyl (C=O) groups excluding carboxylic acids is 1. The van der Waals surface area contributed by atoms with Crippen LogP contribution >= 0.6 is 0 Å². The molecule has 1 aromatic carbocycles. The van der Waals surface area contributed by atoms with Crippen molar-refractivity contribution in [3.05, 3.63) is 35.9 Å². The van der Waals surface area contributed by atoms with Crippen molar-refractivity contribution in [2.75, 3.05) is 13.6 Å². The van der Waals surface area contributed by atoms with Gasteiger partial charge in [-0.3, -0.25) is 0 Å². The van der Waals surface area contributed by atoms with E-state index in [2.05, 4.69) is 36.6 Å². The molecule has 3 heteroatoms. The van der Waals surface area contributed by atoms with Gasteiger partial charge in [-0.1, -0.05) is 44.2 Å². The lowest BCUT2D eigenvalue weighted by Crippen LogP contribution is -2.40. The topological polar surface area (TPSA) is 41.1 Å². The summed E-state index contributed by atoms with van der Waals surface area (Å²) in [6.07, 6.45) is 0. The Hall–Kier alpha value is -1.51. The fourth-order valence-corrected chi connectivity index (χ4v) is 1.38. The lowest BCUT2D eigenvalue weighted by Gasteiger charge is -2.25. The van der Waals surface area contributed by atoms with Crippen LogP contribution in [-0.4, -0.2) is 19.6 Å². The number of amides is 2. The Morgan fingerprint density at radius 2 is 1.87 bits per heavy atom. The summed E-state index contributed by atoms with van der Waals surface area (Å²) in [5.74, 6) is 0. The van der Waals surface area contributed by atoms with Crippen molar-refractivity contribution in [1.29, 1.82) is 0 Å². The van der Waals surface area contributed by atoms with Gasteiger partial charge >= 0.3 is 6.03 Å². The quantitative estimate of drug-likeness (QED) is 0.779. The lowest BCUT2D eigenvalue weighted by atomic mass is 9.85. The first-order valence-corrected chi connectivity index (χ1v) is 5.07. The van der Waals surface area contributed by atoms with Crippen LogP contribution in [-0.2, 0) is 5.41 Å². The molecule has 0 unspecified atom stereocenters. The molecule has 0 spiro atoms. The lowest BCUT2D eigenvalue weighted by molar-refractivity contribution is 0.240. The van der Waals surface area contributed by atoms with E-state index >= 15 is 0 Å². The van der Waals surface area contributed by atoms with E-state index in [1.807, 2.05) is 18.2 Å². The van der Waals surface area contributed by atoms with Crippen LogP contribution in [0.15, 0.2) is 30.3 Å². The van der Waals surface area contributed by atoms with E-state index in [-0.39, 0.29) is 11.4 Å². The Balaban J connectivity index is 2.63. The summed E-state index contributed by atoms with van der Waals surface area (Å²) in [6.45, 7) is 4.84. The minimum Gasteiger partial charge on any atom is -0.341 e. The van der Waals surface area contributed by atoms with Crippen molar-refractivity contribution in [3.63, 3.8) is 0 Å². The van der Waals surface area contributed by atoms with Gasteiger partial charge in [0.15, 0.2) is 0 Å². The van der Waals surface area contributed by atoms with E-state index in [1.54, 1.807) is 7.05 Å². The zero-order chi connectivity index (χ0) is 11.3. The third kappa shape index (κ3) is 3.27. The van der Waals surface area contributed by atoms with Crippen molar-refractivity contribution in [1.82, 2.24) is 10.6 Å². The molecule has 3 nitrogen and oxygen atoms in total. The molecule has 0 aromatic heterocycles. The van der Waals surface area contributed by atoms with Crippen LogP contribution in [0, 0.1) is 0 Å². The van der Waals surface area contributed by atoms with Crippen LogP contribution in [0.1, 0.15) is 19.4 Å². The van der Waals surface area contributed by atoms with Gasteiger partial charge in [0.2, 0.25) is 0 Å². The van der Waals surface area contributed by atoms with Gasteiger partial charge in [-0.2, -0.15) is 0 Å². The Labute approximate surface area is 90.9 Å². The fourth-order valence-electron chi connectivity index (χ4n) is 1.38. The number of rotatable bonds is 3. The standard InChI is InChI=1S/C12H18N2O/c1-12(2,9-14-11(15)13-3)10-7-5-4-6-8-10/h4-8H,9H2,1-3H3,(H2,13,14,15). The van der Waals surface area contributed by atoms with Crippen molar-refractivity contribution in [2.24, 2.45) is 0 Å². The van der Waals surface area contributed by atoms with Crippen molar-refractivity contribution in [2.45, 2.75) is 19.3 Å². The summed E-state index contributed by atoms with van der Waals surface area (Å²) in [7, 11) is 1.62. The van der Waals surface area contributed by atoms with E-state index in [0.29, 0.717) is 6.54 Å². The highest BCUT2D eigenvalue weighted by Crippen LogP contribution is 2.21. The van der Waals surface area contributed by atoms with Gasteiger partial charge in [0.25, 0.3) is 0 Å². The first-order valence-electron chi connectivity index (χ1n) is 5.07. The second-order valence-corrected chi connectivity index (χ2v) is 4.18. The van der Waals surface area contributed by atoms with Crippen LogP contribution in [0.2, 0.25) is 0 Å². The summed E-state index contributed by atoms with van der Waals surface area (Å²) in [6, 6.07) is 10.0. The number of carbonyl (C=O) groups is 1. The molecule has 0 aliphatic heterocycles. The van der Waals surface area contributed by atoms with Crippen molar-refractivity contribution < 1.29 is 4.79 Å². The Morgan fingerprint density at radius 3 is 2.40 bits per heavy atom. The van der Waals surface area contributed by atoms with Crippen molar-refractivity contribution >= 4 is 6.03 Å². The van der Waals surface area contributed by atoms with Gasteiger partial charge in [0, 0.05) is 19.0 Å². The fraction of sp³-hybridized carbons (Fsp3) is 0.417. The second kappa shape index (κ2) is 4.82. The molecule has 1 aromatic rings. The largest absolute Gasteiger partial charge is 0.341 e. The van der Waals surface area contributed by atoms with Gasteiger partial charge in [-0.05, 0) is 5.56 Å². The molecular weight excluding hydrogens is 188 g/mol. The summed E-state index contributed by atoms with van der Waals surface area (Å²) < 4.78 is 0. The first kappa shape index (κ1) is 11.6. The molecule has 0 atom stereocenters. The highest BCUT2D eigenvalue weighted by atomic mass is 16.2. The summed E-state index contributed by atoms with van der Waals surface area (Å²) in [5.41, 5.74) is 1.18. The van der Waals surface area contributed by atoms with Crippen molar-refractivity contribution in [3.8, 4) is 0 Å². The minimum absolute atomic E-state index is 0.0478. The maximum atomic E-state index is 11.1. The number of hydrogen-bond donors (Lipinski definition) is 2. The van der Waals surface area contributed by atoms with Gasteiger partial charge in [0.05, 0.1) is 0 Å². The van der Waals surface area contributed by atoms with E-state index in [1.165, 1.54) is 5.56 Å². The molecule has 2 amide bonds. The molecule has 0 fully saturated rings. The summed E-state index contributed by atoms with van der Waals surface area (Å²) >= 11 is 0. The SMILES string of the molecule is CNC(=O)NCC(C)(C)c1ccccc1. The van der Waals surface area contributed by atoms with E-state index < -0.39 is 0 Å². The molecule has 0 saturated heterocycles. The van der Waals surface area contributed by atoms with E-state index in [9.17, 15) is 4.79 Å². The normalized spacial score (nSPS) is 10.9. The number of nitrogens with one attached hydrogen (secondary N) is 2. The smallest absolute Gasteiger partial charge is 0.314 e. The van der Waals surface area contributed by atoms with Crippen LogP contribution in [0.5, 0.6) is 0 Å². The molecule has 15 heavy (non-hydrogen) atoms. The molecule has 1 rings (SSSR count). The Kier molecular flexibility index (Phi) is 3.72. The number of hydrogen-bond acceptors (Lipinski definition) is 1. The molecular formula is C12H18N2O. The van der Waals surface area contributed by atoms with Crippen LogP contribution in [0.3, 0.4) is 0 Å². The third-order valence-electron chi connectivity index (χ3n) is 2.47. The molecule has 0 bridgehead atoms. The molecule has 0 aliphatic rings. The molecule has 0 saturated carbocycles.